The molecule has 1 aromatic heterocycles. The van der Waals surface area contributed by atoms with Crippen molar-refractivity contribution in [2.24, 2.45) is 0 Å². The van der Waals surface area contributed by atoms with Crippen molar-refractivity contribution in [3.8, 4) is 0 Å². The highest BCUT2D eigenvalue weighted by Crippen LogP contribution is 2.42. The number of β-lactam (4-membered cyclic amide) rings is 1. The van der Waals surface area contributed by atoms with Crippen molar-refractivity contribution in [1.29, 1.82) is 0 Å². The number of halogens is 2. The number of rotatable bonds is 16. The quantitative estimate of drug-likeness (QED) is 0.0642. The van der Waals surface area contributed by atoms with Crippen LogP contribution in [0, 0.1) is 13.8 Å². The summed E-state index contributed by atoms with van der Waals surface area (Å²) >= 11 is 16.8. The average molecular weight is 841 g/mol. The molecular weight excluding hydrogens is 798 g/mol. The number of fused-ring (bicyclic) bond motifs is 1. The second-order valence-electron chi connectivity index (χ2n) is 13.4. The first-order chi connectivity index (χ1) is 25.7. The third kappa shape index (κ3) is 10.5. The fourth-order valence-electron chi connectivity index (χ4n) is 6.43. The Kier molecular flexibility index (Phi) is 14.4. The zero-order valence-corrected chi connectivity index (χ0v) is 34.0. The van der Waals surface area contributed by atoms with E-state index >= 15 is 0 Å². The molecule has 1 aromatic carbocycles. The number of quaternary nitrogens is 1. The van der Waals surface area contributed by atoms with Crippen LogP contribution in [0.15, 0.2) is 51.4 Å². The highest BCUT2D eigenvalue weighted by Gasteiger charge is 2.54. The summed E-state index contributed by atoms with van der Waals surface area (Å²) in [4.78, 5) is 63.9. The van der Waals surface area contributed by atoms with Gasteiger partial charge in [0.25, 0.3) is 5.91 Å². The van der Waals surface area contributed by atoms with E-state index in [9.17, 15) is 29.1 Å². The number of aliphatic carboxylic acids is 2. The molecular formula is C36H43Cl2N5O8S3+2. The van der Waals surface area contributed by atoms with Gasteiger partial charge in [0.05, 0.1) is 44.0 Å². The van der Waals surface area contributed by atoms with Crippen LogP contribution in [0.2, 0.25) is 10.0 Å². The highest BCUT2D eigenvalue weighted by atomic mass is 35.5. The molecule has 0 radical (unpaired) electrons. The summed E-state index contributed by atoms with van der Waals surface area (Å²) in [6.07, 6.45) is 3.58. The largest absolute Gasteiger partial charge is 0.480 e. The Labute approximate surface area is 336 Å². The topological polar surface area (TPSA) is 166 Å². The van der Waals surface area contributed by atoms with E-state index in [2.05, 4.69) is 48.2 Å². The molecule has 4 heterocycles. The molecule has 2 fully saturated rings. The number of hydrogen-bond donors (Lipinski definition) is 4. The molecule has 2 saturated heterocycles. The number of morpholine rings is 1. The van der Waals surface area contributed by atoms with E-state index in [-0.39, 0.29) is 21.5 Å². The molecule has 18 heteroatoms. The predicted molar refractivity (Wildman–Crippen MR) is 210 cm³/mol. The fraction of sp³-hybridized carbons (Fsp3) is 0.444. The van der Waals surface area contributed by atoms with Gasteiger partial charge in [-0.25, -0.2) is 4.79 Å². The van der Waals surface area contributed by atoms with Gasteiger partial charge in [-0.1, -0.05) is 23.2 Å². The Morgan fingerprint density at radius 3 is 2.44 bits per heavy atom. The molecule has 290 valence electrons. The number of carbonyl (C=O) groups excluding carboxylic acids is 3. The van der Waals surface area contributed by atoms with Crippen molar-refractivity contribution >= 4 is 94.2 Å². The number of pyridine rings is 1. The number of likely N-dealkylation sites (N-methyl/N-ethyl adjacent to an activating group) is 1. The molecule has 5 rings (SSSR count). The summed E-state index contributed by atoms with van der Waals surface area (Å²) in [6.45, 7) is 9.37. The number of carboxylic acid groups (broad SMARTS) is 2. The van der Waals surface area contributed by atoms with E-state index in [0.717, 1.165) is 84.4 Å². The van der Waals surface area contributed by atoms with Crippen LogP contribution in [0.1, 0.15) is 23.4 Å². The average Bonchev–Trinajstić information content (AvgIpc) is 3.12. The van der Waals surface area contributed by atoms with Gasteiger partial charge in [0, 0.05) is 58.4 Å². The summed E-state index contributed by atoms with van der Waals surface area (Å²) in [7, 11) is 2.29. The molecule has 54 heavy (non-hydrogen) atoms. The standard InChI is InChI=1S/C36H41Cl2N5O8S3/c1-21-13-25(14-22(2)41(21)7-4-8-43(3)9-11-51-12-10-43)52-18-24-19-54-35-32(34(48)42(35)33(24)36(49)50)40-30(45)20-53-28-16-26(37)23(15-27(28)38)5-6-29(44)39-17-31(46)47/h5-6,13-16,32,35H,4,7-12,17-20H2,1-3H3,(H2-2,39,40,44,45,46,47,49,50)/p+2/t32-,35-/m1/s1. The van der Waals surface area contributed by atoms with Gasteiger partial charge in [-0.2, -0.15) is 4.57 Å². The Morgan fingerprint density at radius 2 is 1.78 bits per heavy atom. The minimum absolute atomic E-state index is 0.0229. The lowest BCUT2D eigenvalue weighted by molar-refractivity contribution is -0.919. The van der Waals surface area contributed by atoms with Crippen molar-refractivity contribution in [2.45, 2.75) is 48.0 Å². The molecule has 2 aromatic rings. The van der Waals surface area contributed by atoms with Crippen molar-refractivity contribution in [3.05, 3.63) is 68.6 Å². The minimum atomic E-state index is -1.18. The van der Waals surface area contributed by atoms with Gasteiger partial charge in [0.2, 0.25) is 11.8 Å². The summed E-state index contributed by atoms with van der Waals surface area (Å²) in [5.41, 5.74) is 3.32. The molecule has 3 aliphatic heterocycles. The van der Waals surface area contributed by atoms with E-state index < -0.39 is 47.6 Å². The summed E-state index contributed by atoms with van der Waals surface area (Å²) in [5, 5.41) is 23.8. The van der Waals surface area contributed by atoms with Crippen LogP contribution in [-0.2, 0) is 35.3 Å². The number of thioether (sulfide) groups is 3. The minimum Gasteiger partial charge on any atom is -0.480 e. The van der Waals surface area contributed by atoms with E-state index in [1.54, 1.807) is 11.8 Å². The van der Waals surface area contributed by atoms with Crippen LogP contribution in [0.3, 0.4) is 0 Å². The maximum Gasteiger partial charge on any atom is 0.352 e. The molecule has 4 N–H and O–H groups in total. The smallest absolute Gasteiger partial charge is 0.352 e. The molecule has 0 bridgehead atoms. The van der Waals surface area contributed by atoms with Crippen LogP contribution in [0.5, 0.6) is 0 Å². The first-order valence-electron chi connectivity index (χ1n) is 17.2. The van der Waals surface area contributed by atoms with Crippen LogP contribution >= 0.6 is 58.5 Å². The van der Waals surface area contributed by atoms with E-state index in [1.807, 2.05) is 0 Å². The molecule has 0 saturated carbocycles. The van der Waals surface area contributed by atoms with Crippen molar-refractivity contribution in [3.63, 3.8) is 0 Å². The van der Waals surface area contributed by atoms with Gasteiger partial charge in [-0.3, -0.25) is 24.1 Å². The van der Waals surface area contributed by atoms with E-state index in [4.69, 9.17) is 33.0 Å². The maximum absolute atomic E-state index is 13.3. The van der Waals surface area contributed by atoms with Crippen LogP contribution < -0.4 is 15.2 Å². The number of carboxylic acids is 2. The van der Waals surface area contributed by atoms with Gasteiger partial charge in [0.1, 0.15) is 36.7 Å². The molecule has 3 aliphatic rings. The Balaban J connectivity index is 1.14. The molecule has 0 aliphatic carbocycles. The number of nitrogens with zero attached hydrogens (tertiary/aromatic N) is 3. The number of amides is 3. The summed E-state index contributed by atoms with van der Waals surface area (Å²) < 4.78 is 8.89. The van der Waals surface area contributed by atoms with Crippen molar-refractivity contribution < 1.29 is 48.0 Å². The van der Waals surface area contributed by atoms with Gasteiger partial charge >= 0.3 is 11.9 Å². The van der Waals surface area contributed by atoms with Gasteiger partial charge < -0.3 is 30.1 Å². The third-order valence-electron chi connectivity index (χ3n) is 9.40. The van der Waals surface area contributed by atoms with Gasteiger partial charge in [-0.05, 0) is 29.3 Å². The molecule has 0 spiro atoms. The van der Waals surface area contributed by atoms with Gasteiger partial charge in [0.15, 0.2) is 17.9 Å². The Hall–Kier alpha value is -3.25. The lowest BCUT2D eigenvalue weighted by Crippen LogP contribution is -2.70. The predicted octanol–water partition coefficient (Wildman–Crippen LogP) is 3.60. The number of nitrogens with one attached hydrogen (secondary N) is 2. The molecule has 3 amide bonds. The van der Waals surface area contributed by atoms with Crippen molar-refractivity contribution in [2.75, 3.05) is 63.7 Å². The second-order valence-corrected chi connectivity index (χ2v) is 17.4. The normalized spacial score (nSPS) is 19.4. The Bertz CT molecular complexity index is 1860. The van der Waals surface area contributed by atoms with Crippen molar-refractivity contribution in [1.82, 2.24) is 15.5 Å². The summed E-state index contributed by atoms with van der Waals surface area (Å²) in [6, 6.07) is 6.44. The molecule has 0 unspecified atom stereocenters. The number of hydrogen-bond acceptors (Lipinski definition) is 9. The third-order valence-corrected chi connectivity index (χ3v) is 13.6. The molecule has 13 nitrogen and oxygen atoms in total. The van der Waals surface area contributed by atoms with E-state index in [1.165, 1.54) is 34.9 Å². The second kappa shape index (κ2) is 18.6. The SMILES string of the molecule is Cc1cc(SCC2=C(C(=O)O)N3C(=O)[C@@H](NC(=O)CSc4cc(Cl)c(C=CC(=O)NCC(=O)O)cc4Cl)[C@H]3SC2)cc(C)[n+]1CCC[N+]1(C)CCOCC1. The number of carbonyl (C=O) groups is 5. The number of aryl methyl sites for hydroxylation is 2. The van der Waals surface area contributed by atoms with Gasteiger partial charge in [-0.15, -0.1) is 35.3 Å². The highest BCUT2D eigenvalue weighted by molar-refractivity contribution is 8.01. The molecule has 2 atom stereocenters. The fourth-order valence-corrected chi connectivity index (χ4v) is 10.4. The van der Waals surface area contributed by atoms with Crippen LogP contribution in [-0.4, -0.2) is 124 Å². The monoisotopic (exact) mass is 839 g/mol. The maximum atomic E-state index is 13.3. The zero-order valence-electron chi connectivity index (χ0n) is 30.1. The zero-order chi connectivity index (χ0) is 39.2. The number of aromatic nitrogens is 1. The van der Waals surface area contributed by atoms with E-state index in [0.29, 0.717) is 27.5 Å². The Morgan fingerprint density at radius 1 is 1.07 bits per heavy atom. The lowest BCUT2D eigenvalue weighted by atomic mass is 10.0. The van der Waals surface area contributed by atoms with Crippen LogP contribution in [0.25, 0.3) is 6.08 Å². The lowest BCUT2D eigenvalue weighted by Gasteiger charge is -2.49. The number of ether oxygens (including phenoxy) is 1. The first kappa shape index (κ1) is 41.9. The van der Waals surface area contributed by atoms with Crippen LogP contribution in [0.4, 0.5) is 0 Å². The number of benzene rings is 1. The summed E-state index contributed by atoms with van der Waals surface area (Å²) in [5.74, 6) is -3.14. The first-order valence-corrected chi connectivity index (χ1v) is 21.0.